The number of nitrogens with zero attached hydrogens (tertiary/aromatic N) is 1. The zero-order valence-electron chi connectivity index (χ0n) is 13.9. The fourth-order valence-corrected chi connectivity index (χ4v) is 4.34. The minimum absolute atomic E-state index is 0.772. The highest BCUT2D eigenvalue weighted by Gasteiger charge is 2.16. The third kappa shape index (κ3) is 3.33. The molecule has 0 aliphatic carbocycles. The maximum Gasteiger partial charge on any atom is 0.124 e. The van der Waals surface area contributed by atoms with Crippen molar-refractivity contribution >= 4 is 34.3 Å². The number of hydrogen-bond acceptors (Lipinski definition) is 1. The van der Waals surface area contributed by atoms with Crippen LogP contribution in [0.3, 0.4) is 0 Å². The topological polar surface area (TPSA) is 4.93 Å². The van der Waals surface area contributed by atoms with Crippen molar-refractivity contribution in [2.24, 2.45) is 0 Å². The molecule has 0 bridgehead atoms. The Kier molecular flexibility index (Phi) is 4.56. The molecular weight excluding hydrogens is 346 g/mol. The van der Waals surface area contributed by atoms with Crippen LogP contribution < -0.4 is 0 Å². The molecule has 0 aliphatic rings. The lowest BCUT2D eigenvalue weighted by Crippen LogP contribution is -1.99. The number of rotatable bonds is 4. The van der Waals surface area contributed by atoms with Crippen LogP contribution in [-0.2, 0) is 6.54 Å². The number of aromatic nitrogens is 1. The first kappa shape index (κ1) is 16.3. The fourth-order valence-electron chi connectivity index (χ4n) is 2.98. The molecule has 1 aromatic heterocycles. The highest BCUT2D eigenvalue weighted by molar-refractivity contribution is 7.99. The largest absolute Gasteiger partial charge is 0.326 e. The summed E-state index contributed by atoms with van der Waals surface area (Å²) in [6.45, 7) is 2.88. The highest BCUT2D eigenvalue weighted by atomic mass is 35.5. The van der Waals surface area contributed by atoms with E-state index in [0.29, 0.717) is 0 Å². The monoisotopic (exact) mass is 363 g/mol. The van der Waals surface area contributed by atoms with E-state index in [1.807, 2.05) is 6.07 Å². The number of halogens is 1. The van der Waals surface area contributed by atoms with Crippen molar-refractivity contribution in [3.8, 4) is 0 Å². The van der Waals surface area contributed by atoms with Gasteiger partial charge >= 0.3 is 0 Å². The van der Waals surface area contributed by atoms with E-state index in [4.69, 9.17) is 11.6 Å². The quantitative estimate of drug-likeness (QED) is 0.386. The van der Waals surface area contributed by atoms with Gasteiger partial charge in [-0.15, -0.1) is 0 Å². The van der Waals surface area contributed by atoms with Gasteiger partial charge in [0.25, 0.3) is 0 Å². The Hall–Kier alpha value is -2.16. The molecule has 4 rings (SSSR count). The minimum atomic E-state index is 0.772. The lowest BCUT2D eigenvalue weighted by Gasteiger charge is -2.07. The molecule has 0 unspecified atom stereocenters. The Bertz CT molecular complexity index is 1000. The summed E-state index contributed by atoms with van der Waals surface area (Å²) in [5.41, 5.74) is 3.69. The summed E-state index contributed by atoms with van der Waals surface area (Å²) in [6, 6.07) is 27.5. The first-order valence-corrected chi connectivity index (χ1v) is 9.47. The number of benzene rings is 3. The second kappa shape index (κ2) is 6.99. The van der Waals surface area contributed by atoms with Crippen LogP contribution in [0.25, 0.3) is 10.9 Å². The zero-order valence-corrected chi connectivity index (χ0v) is 15.5. The summed E-state index contributed by atoms with van der Waals surface area (Å²) < 4.78 is 2.20. The second-order valence-electron chi connectivity index (χ2n) is 6.12. The van der Waals surface area contributed by atoms with E-state index in [2.05, 4.69) is 84.3 Å². The van der Waals surface area contributed by atoms with Gasteiger partial charge in [-0.3, -0.25) is 0 Å². The number of fused-ring (bicyclic) bond motifs is 1. The summed E-state index contributed by atoms with van der Waals surface area (Å²) in [5.74, 6) is 0. The van der Waals surface area contributed by atoms with Gasteiger partial charge in [0.15, 0.2) is 0 Å². The Labute approximate surface area is 157 Å². The predicted octanol–water partition coefficient (Wildman–Crippen LogP) is 6.80. The van der Waals surface area contributed by atoms with Crippen molar-refractivity contribution in [3.05, 3.63) is 95.1 Å². The lowest BCUT2D eigenvalue weighted by atomic mass is 10.2. The van der Waals surface area contributed by atoms with Gasteiger partial charge in [-0.25, -0.2) is 0 Å². The smallest absolute Gasteiger partial charge is 0.124 e. The molecule has 25 heavy (non-hydrogen) atoms. The maximum absolute atomic E-state index is 6.83. The molecule has 4 aromatic rings. The van der Waals surface area contributed by atoms with Crippen LogP contribution in [0.5, 0.6) is 0 Å². The van der Waals surface area contributed by atoms with E-state index in [1.165, 1.54) is 26.9 Å². The summed E-state index contributed by atoms with van der Waals surface area (Å²) in [5, 5.41) is 2.00. The summed E-state index contributed by atoms with van der Waals surface area (Å²) in [4.78, 5) is 2.33. The minimum Gasteiger partial charge on any atom is -0.326 e. The SMILES string of the molecule is Cc1ccc(Sc2c(Cl)n(Cc3ccccc3)c3ccccc23)cc1. The van der Waals surface area contributed by atoms with Gasteiger partial charge in [-0.05, 0) is 30.7 Å². The van der Waals surface area contributed by atoms with Gasteiger partial charge in [-0.1, -0.05) is 89.6 Å². The molecule has 3 aromatic carbocycles. The molecule has 1 heterocycles. The maximum atomic E-state index is 6.83. The van der Waals surface area contributed by atoms with E-state index in [9.17, 15) is 0 Å². The molecule has 3 heteroatoms. The van der Waals surface area contributed by atoms with Crippen LogP contribution in [0, 0.1) is 6.92 Å². The van der Waals surface area contributed by atoms with Gasteiger partial charge in [0.05, 0.1) is 10.4 Å². The zero-order chi connectivity index (χ0) is 17.2. The van der Waals surface area contributed by atoms with Gasteiger partial charge in [0, 0.05) is 16.8 Å². The summed E-state index contributed by atoms with van der Waals surface area (Å²) in [7, 11) is 0. The molecule has 0 amide bonds. The second-order valence-corrected chi connectivity index (χ2v) is 7.57. The molecule has 0 fully saturated rings. The number of para-hydroxylation sites is 1. The number of aryl methyl sites for hydroxylation is 1. The van der Waals surface area contributed by atoms with Crippen molar-refractivity contribution in [2.75, 3.05) is 0 Å². The Morgan fingerprint density at radius 1 is 0.840 bits per heavy atom. The van der Waals surface area contributed by atoms with Crippen molar-refractivity contribution in [1.29, 1.82) is 0 Å². The van der Waals surface area contributed by atoms with Crippen LogP contribution >= 0.6 is 23.4 Å². The third-order valence-electron chi connectivity index (χ3n) is 4.29. The van der Waals surface area contributed by atoms with Crippen molar-refractivity contribution in [2.45, 2.75) is 23.3 Å². The van der Waals surface area contributed by atoms with E-state index in [1.54, 1.807) is 11.8 Å². The number of hydrogen-bond donors (Lipinski definition) is 0. The molecule has 1 nitrogen and oxygen atoms in total. The highest BCUT2D eigenvalue weighted by Crippen LogP contribution is 2.41. The van der Waals surface area contributed by atoms with Crippen molar-refractivity contribution in [3.63, 3.8) is 0 Å². The summed E-state index contributed by atoms with van der Waals surface area (Å²) >= 11 is 8.56. The van der Waals surface area contributed by atoms with Gasteiger partial charge in [0.2, 0.25) is 0 Å². The van der Waals surface area contributed by atoms with Crippen LogP contribution in [-0.4, -0.2) is 4.57 Å². The van der Waals surface area contributed by atoms with E-state index in [0.717, 1.165) is 16.6 Å². The third-order valence-corrected chi connectivity index (χ3v) is 5.92. The predicted molar refractivity (Wildman–Crippen MR) is 108 cm³/mol. The fraction of sp³-hybridized carbons (Fsp3) is 0.0909. The van der Waals surface area contributed by atoms with E-state index >= 15 is 0 Å². The molecule has 0 saturated heterocycles. The average molecular weight is 364 g/mol. The molecule has 0 radical (unpaired) electrons. The van der Waals surface area contributed by atoms with E-state index < -0.39 is 0 Å². The van der Waals surface area contributed by atoms with Crippen molar-refractivity contribution in [1.82, 2.24) is 4.57 Å². The molecule has 0 spiro atoms. The Morgan fingerprint density at radius 3 is 2.28 bits per heavy atom. The van der Waals surface area contributed by atoms with Crippen LogP contribution in [0.15, 0.2) is 88.7 Å². The normalized spacial score (nSPS) is 11.1. The van der Waals surface area contributed by atoms with Gasteiger partial charge < -0.3 is 4.57 Å². The molecule has 0 atom stereocenters. The Morgan fingerprint density at radius 2 is 1.52 bits per heavy atom. The van der Waals surface area contributed by atoms with E-state index in [-0.39, 0.29) is 0 Å². The molecular formula is C22H18ClNS. The first-order chi connectivity index (χ1) is 12.2. The average Bonchev–Trinajstić information content (AvgIpc) is 2.90. The van der Waals surface area contributed by atoms with Crippen LogP contribution in [0.1, 0.15) is 11.1 Å². The van der Waals surface area contributed by atoms with Crippen LogP contribution in [0.4, 0.5) is 0 Å². The van der Waals surface area contributed by atoms with Gasteiger partial charge in [0.1, 0.15) is 5.15 Å². The molecule has 0 saturated carbocycles. The molecule has 124 valence electrons. The molecule has 0 aliphatic heterocycles. The Balaban J connectivity index is 1.79. The van der Waals surface area contributed by atoms with Crippen molar-refractivity contribution < 1.29 is 0 Å². The lowest BCUT2D eigenvalue weighted by molar-refractivity contribution is 0.831. The molecule has 0 N–H and O–H groups in total. The van der Waals surface area contributed by atoms with Crippen LogP contribution in [0.2, 0.25) is 5.15 Å². The first-order valence-electron chi connectivity index (χ1n) is 8.27. The van der Waals surface area contributed by atoms with Gasteiger partial charge in [-0.2, -0.15) is 0 Å². The summed E-state index contributed by atoms with van der Waals surface area (Å²) in [6.07, 6.45) is 0. The standard InChI is InChI=1S/C22H18ClNS/c1-16-11-13-18(14-12-16)25-21-19-9-5-6-10-20(19)24(22(21)23)15-17-7-3-2-4-8-17/h2-14H,15H2,1H3.